The molecule has 24 heavy (non-hydrogen) atoms. The number of hydrogen-bond acceptors (Lipinski definition) is 4. The Balaban J connectivity index is 1.88. The first-order chi connectivity index (χ1) is 11.5. The molecule has 0 bridgehead atoms. The first-order valence-corrected chi connectivity index (χ1v) is 7.22. The fraction of sp³-hybridized carbons (Fsp3) is 0.176. The van der Waals surface area contributed by atoms with Gasteiger partial charge in [0, 0.05) is 30.8 Å². The highest BCUT2D eigenvalue weighted by Gasteiger charge is 2.13. The lowest BCUT2D eigenvalue weighted by atomic mass is 10.1. The summed E-state index contributed by atoms with van der Waals surface area (Å²) in [5, 5.41) is 23.6. The van der Waals surface area contributed by atoms with Gasteiger partial charge in [-0.05, 0) is 12.1 Å². The molecule has 2 rings (SSSR count). The molecule has 2 N–H and O–H groups in total. The molecule has 0 spiro atoms. The van der Waals surface area contributed by atoms with Crippen molar-refractivity contribution in [1.82, 2.24) is 5.32 Å². The van der Waals surface area contributed by atoms with Crippen LogP contribution in [-0.4, -0.2) is 23.1 Å². The van der Waals surface area contributed by atoms with Gasteiger partial charge in [0.1, 0.15) is 11.6 Å². The summed E-state index contributed by atoms with van der Waals surface area (Å²) in [6.07, 6.45) is 2.14. The molecule has 0 radical (unpaired) electrons. The van der Waals surface area contributed by atoms with Crippen molar-refractivity contribution in [3.63, 3.8) is 0 Å². The molecule has 2 aromatic carbocycles. The zero-order chi connectivity index (χ0) is 17.5. The van der Waals surface area contributed by atoms with Crippen LogP contribution in [0.2, 0.25) is 0 Å². The summed E-state index contributed by atoms with van der Waals surface area (Å²) in [6, 6.07) is 9.30. The lowest BCUT2D eigenvalue weighted by Crippen LogP contribution is -2.22. The predicted molar refractivity (Wildman–Crippen MR) is 86.3 cm³/mol. The molecule has 0 amide bonds. The summed E-state index contributed by atoms with van der Waals surface area (Å²) in [7, 11) is 0. The molecular weight excluding hydrogens is 318 g/mol. The molecule has 0 aromatic heterocycles. The van der Waals surface area contributed by atoms with Crippen molar-refractivity contribution in [1.29, 1.82) is 0 Å². The molecule has 2 aromatic rings. The Morgan fingerprint density at radius 3 is 2.71 bits per heavy atom. The Hall–Kier alpha value is -2.64. The number of aliphatic hydroxyl groups is 1. The number of hydrogen-bond donors (Lipinski definition) is 2. The number of halogens is 2. The zero-order valence-electron chi connectivity index (χ0n) is 12.7. The van der Waals surface area contributed by atoms with Crippen LogP contribution in [0.5, 0.6) is 0 Å². The molecule has 0 heterocycles. The number of rotatable bonds is 7. The monoisotopic (exact) mass is 334 g/mol. The molecule has 5 nitrogen and oxygen atoms in total. The van der Waals surface area contributed by atoms with Crippen molar-refractivity contribution in [2.24, 2.45) is 0 Å². The zero-order valence-corrected chi connectivity index (χ0v) is 12.7. The van der Waals surface area contributed by atoms with Crippen molar-refractivity contribution in [3.05, 3.63) is 81.4 Å². The maximum Gasteiger partial charge on any atom is 0.276 e. The Labute approximate surface area is 137 Å². The second-order valence-electron chi connectivity index (χ2n) is 5.06. The van der Waals surface area contributed by atoms with Crippen LogP contribution in [0.4, 0.5) is 14.5 Å². The average molecular weight is 334 g/mol. The van der Waals surface area contributed by atoms with E-state index in [9.17, 15) is 24.0 Å². The minimum Gasteiger partial charge on any atom is -0.387 e. The summed E-state index contributed by atoms with van der Waals surface area (Å²) >= 11 is 0. The topological polar surface area (TPSA) is 75.4 Å². The van der Waals surface area contributed by atoms with Gasteiger partial charge in [0.2, 0.25) is 0 Å². The van der Waals surface area contributed by atoms with Gasteiger partial charge in [-0.3, -0.25) is 10.1 Å². The second-order valence-corrected chi connectivity index (χ2v) is 5.06. The highest BCUT2D eigenvalue weighted by molar-refractivity contribution is 5.60. The van der Waals surface area contributed by atoms with Crippen molar-refractivity contribution < 1.29 is 18.8 Å². The number of nitro groups is 1. The van der Waals surface area contributed by atoms with Gasteiger partial charge in [0.25, 0.3) is 5.69 Å². The molecule has 1 atom stereocenters. The molecule has 0 saturated carbocycles. The molecule has 0 saturated heterocycles. The highest BCUT2D eigenvalue weighted by atomic mass is 19.1. The van der Waals surface area contributed by atoms with Crippen molar-refractivity contribution in [3.8, 4) is 0 Å². The third-order valence-electron chi connectivity index (χ3n) is 3.35. The van der Waals surface area contributed by atoms with Crippen molar-refractivity contribution in [2.75, 3.05) is 13.1 Å². The third-order valence-corrected chi connectivity index (χ3v) is 3.35. The number of nitrogens with one attached hydrogen (secondary N) is 1. The van der Waals surface area contributed by atoms with E-state index in [1.54, 1.807) is 30.4 Å². The molecule has 126 valence electrons. The van der Waals surface area contributed by atoms with Crippen LogP contribution in [0.3, 0.4) is 0 Å². The molecule has 0 aliphatic rings. The molecular formula is C17H16F2N2O3. The van der Waals surface area contributed by atoms with Gasteiger partial charge in [-0.15, -0.1) is 0 Å². The Morgan fingerprint density at radius 1 is 1.25 bits per heavy atom. The standard InChI is InChI=1S/C17H16F2N2O3/c18-13-7-8-14(15(19)10-13)17(22)11-20-9-3-5-12-4-1-2-6-16(12)21(23)24/h1-8,10,17,20,22H,9,11H2/b5-3-/t17-/m1/s1. The van der Waals surface area contributed by atoms with E-state index in [1.165, 1.54) is 12.1 Å². The molecule has 0 aliphatic carbocycles. The van der Waals surface area contributed by atoms with Crippen LogP contribution >= 0.6 is 0 Å². The number of para-hydroxylation sites is 1. The van der Waals surface area contributed by atoms with E-state index in [-0.39, 0.29) is 17.8 Å². The largest absolute Gasteiger partial charge is 0.387 e. The number of aliphatic hydroxyl groups excluding tert-OH is 1. The van der Waals surface area contributed by atoms with E-state index in [1.807, 2.05) is 0 Å². The van der Waals surface area contributed by atoms with Crippen LogP contribution in [0.1, 0.15) is 17.2 Å². The summed E-state index contributed by atoms with van der Waals surface area (Å²) in [4.78, 5) is 10.4. The summed E-state index contributed by atoms with van der Waals surface area (Å²) in [5.74, 6) is -1.51. The van der Waals surface area contributed by atoms with Gasteiger partial charge >= 0.3 is 0 Å². The van der Waals surface area contributed by atoms with E-state index in [0.29, 0.717) is 18.2 Å². The normalized spacial score (nSPS) is 12.5. The molecule has 0 fully saturated rings. The number of nitro benzene ring substituents is 1. The average Bonchev–Trinajstić information content (AvgIpc) is 2.54. The van der Waals surface area contributed by atoms with Gasteiger partial charge in [-0.1, -0.05) is 30.4 Å². The fourth-order valence-electron chi connectivity index (χ4n) is 2.17. The fourth-order valence-corrected chi connectivity index (χ4v) is 2.17. The van der Waals surface area contributed by atoms with Crippen molar-refractivity contribution >= 4 is 11.8 Å². The quantitative estimate of drug-likeness (QED) is 0.463. The highest BCUT2D eigenvalue weighted by Crippen LogP contribution is 2.19. The van der Waals surface area contributed by atoms with Crippen LogP contribution in [0.15, 0.2) is 48.5 Å². The number of nitrogens with zero attached hydrogens (tertiary/aromatic N) is 1. The smallest absolute Gasteiger partial charge is 0.276 e. The summed E-state index contributed by atoms with van der Waals surface area (Å²) < 4.78 is 26.3. The molecule has 0 unspecified atom stereocenters. The van der Waals surface area contributed by atoms with Crippen LogP contribution in [0, 0.1) is 21.7 Å². The first-order valence-electron chi connectivity index (χ1n) is 7.22. The van der Waals surface area contributed by atoms with E-state index in [0.717, 1.165) is 6.07 Å². The van der Waals surface area contributed by atoms with E-state index in [2.05, 4.69) is 5.32 Å². The third kappa shape index (κ3) is 4.68. The van der Waals surface area contributed by atoms with Crippen LogP contribution in [0.25, 0.3) is 6.08 Å². The maximum absolute atomic E-state index is 13.5. The summed E-state index contributed by atoms with van der Waals surface area (Å²) in [5.41, 5.74) is 0.475. The van der Waals surface area contributed by atoms with Gasteiger partial charge in [-0.25, -0.2) is 8.78 Å². The van der Waals surface area contributed by atoms with E-state index >= 15 is 0 Å². The SMILES string of the molecule is O=[N+]([O-])c1ccccc1/C=C\CNC[C@@H](O)c1ccc(F)cc1F. The Bertz CT molecular complexity index is 750. The molecule has 0 aliphatic heterocycles. The minimum absolute atomic E-state index is 0.00201. The lowest BCUT2D eigenvalue weighted by Gasteiger charge is -2.12. The van der Waals surface area contributed by atoms with Gasteiger partial charge in [-0.2, -0.15) is 0 Å². The van der Waals surface area contributed by atoms with Gasteiger partial charge in [0.05, 0.1) is 16.6 Å². The maximum atomic E-state index is 13.5. The Kier molecular flexibility index (Phi) is 6.11. The number of benzene rings is 2. The van der Waals surface area contributed by atoms with Crippen LogP contribution in [-0.2, 0) is 0 Å². The summed E-state index contributed by atoms with van der Waals surface area (Å²) in [6.45, 7) is 0.385. The van der Waals surface area contributed by atoms with Gasteiger partial charge < -0.3 is 10.4 Å². The van der Waals surface area contributed by atoms with Crippen molar-refractivity contribution in [2.45, 2.75) is 6.10 Å². The lowest BCUT2D eigenvalue weighted by molar-refractivity contribution is -0.385. The van der Waals surface area contributed by atoms with Gasteiger partial charge in [0.15, 0.2) is 0 Å². The van der Waals surface area contributed by atoms with E-state index < -0.39 is 22.7 Å². The Morgan fingerprint density at radius 2 is 2.00 bits per heavy atom. The van der Waals surface area contributed by atoms with E-state index in [4.69, 9.17) is 0 Å². The first kappa shape index (κ1) is 17.7. The molecule has 7 heteroatoms. The minimum atomic E-state index is -1.12. The predicted octanol–water partition coefficient (Wildman–Crippen LogP) is 3.21. The van der Waals surface area contributed by atoms with Crippen LogP contribution < -0.4 is 5.32 Å². The second kappa shape index (κ2) is 8.28.